The van der Waals surface area contributed by atoms with E-state index in [2.05, 4.69) is 196 Å². The number of rotatable bonds is 9. The molecule has 7 aromatic carbocycles. The fraction of sp³-hybridized carbons (Fsp3) is 0.102. The van der Waals surface area contributed by atoms with Gasteiger partial charge in [-0.3, -0.25) is 0 Å². The molecule has 2 nitrogen and oxygen atoms in total. The van der Waals surface area contributed by atoms with Crippen molar-refractivity contribution >= 4 is 51.1 Å². The number of aryl methyl sites for hydroxylation is 3. The van der Waals surface area contributed by atoms with Crippen molar-refractivity contribution in [3.63, 3.8) is 0 Å². The van der Waals surface area contributed by atoms with Gasteiger partial charge in [0.1, 0.15) is 0 Å². The van der Waals surface area contributed by atoms with Crippen LogP contribution in [0.4, 0.5) is 17.1 Å². The van der Waals surface area contributed by atoms with E-state index < -0.39 is 0 Å². The molecule has 0 radical (unpaired) electrons. The van der Waals surface area contributed by atoms with Gasteiger partial charge in [0.2, 0.25) is 0 Å². The molecular weight excluding hydrogens is 619 g/mol. The fourth-order valence-corrected chi connectivity index (χ4v) is 6.81. The van der Waals surface area contributed by atoms with E-state index in [0.29, 0.717) is 0 Å². The minimum atomic E-state index is 0.0111. The van der Waals surface area contributed by atoms with Gasteiger partial charge in [-0.15, -0.1) is 0 Å². The maximum Gasteiger partial charge on any atom is 0.0681 e. The van der Waals surface area contributed by atoms with E-state index in [9.17, 15) is 5.11 Å². The van der Waals surface area contributed by atoms with Crippen molar-refractivity contribution in [3.05, 3.63) is 208 Å². The zero-order valence-electron chi connectivity index (χ0n) is 29.8. The van der Waals surface area contributed by atoms with Gasteiger partial charge in [-0.25, -0.2) is 0 Å². The van der Waals surface area contributed by atoms with Gasteiger partial charge in [0.15, 0.2) is 0 Å². The maximum atomic E-state index is 9.92. The van der Waals surface area contributed by atoms with Crippen molar-refractivity contribution in [3.8, 4) is 0 Å². The monoisotopic (exact) mass is 661 g/mol. The van der Waals surface area contributed by atoms with Crippen LogP contribution in [0.1, 0.15) is 57.0 Å². The molecule has 0 aliphatic carbocycles. The summed E-state index contributed by atoms with van der Waals surface area (Å²) in [5.74, 6) is 0. The highest BCUT2D eigenvalue weighted by Crippen LogP contribution is 2.42. The van der Waals surface area contributed by atoms with E-state index in [1.54, 1.807) is 0 Å². The molecule has 0 saturated heterocycles. The topological polar surface area (TPSA) is 23.5 Å². The second-order valence-corrected chi connectivity index (χ2v) is 13.4. The summed E-state index contributed by atoms with van der Waals surface area (Å²) in [5.41, 5.74) is 16.0. The molecule has 7 rings (SSSR count). The van der Waals surface area contributed by atoms with E-state index in [4.69, 9.17) is 0 Å². The number of hydrogen-bond acceptors (Lipinski definition) is 2. The molecule has 0 heterocycles. The van der Waals surface area contributed by atoms with Crippen LogP contribution < -0.4 is 4.90 Å². The van der Waals surface area contributed by atoms with Crippen LogP contribution >= 0.6 is 0 Å². The number of aliphatic hydroxyl groups excluding tert-OH is 1. The molecule has 0 bridgehead atoms. The van der Waals surface area contributed by atoms with E-state index in [1.807, 2.05) is 6.07 Å². The lowest BCUT2D eigenvalue weighted by Crippen LogP contribution is -2.12. The lowest BCUT2D eigenvalue weighted by atomic mass is 9.92. The predicted octanol–water partition coefficient (Wildman–Crippen LogP) is 12.9. The Kier molecular flexibility index (Phi) is 9.78. The third-order valence-corrected chi connectivity index (χ3v) is 9.65. The average molecular weight is 662 g/mol. The molecule has 1 N–H and O–H groups in total. The molecule has 0 atom stereocenters. The normalized spacial score (nSPS) is 11.4. The Morgan fingerprint density at radius 2 is 1.14 bits per heavy atom. The summed E-state index contributed by atoms with van der Waals surface area (Å²) in [6.07, 6.45) is 4.57. The highest BCUT2D eigenvalue weighted by molar-refractivity contribution is 6.06. The molecular formula is C49H43NO. The quantitative estimate of drug-likeness (QED) is 0.156. The van der Waals surface area contributed by atoms with Crippen LogP contribution in [-0.2, 0) is 6.61 Å². The summed E-state index contributed by atoms with van der Waals surface area (Å²) >= 11 is 0. The smallest absolute Gasteiger partial charge is 0.0681 e. The molecule has 0 unspecified atom stereocenters. The summed E-state index contributed by atoms with van der Waals surface area (Å²) in [6, 6.07) is 56.4. The van der Waals surface area contributed by atoms with Crippen LogP contribution in [0.5, 0.6) is 0 Å². The molecule has 0 aliphatic rings. The first-order chi connectivity index (χ1) is 24.9. The minimum Gasteiger partial charge on any atom is -0.392 e. The molecule has 250 valence electrons. The number of nitrogens with zero attached hydrogens (tertiary/aromatic N) is 1. The molecule has 0 saturated carbocycles. The predicted molar refractivity (Wildman–Crippen MR) is 219 cm³/mol. The van der Waals surface area contributed by atoms with Gasteiger partial charge in [0, 0.05) is 16.8 Å². The van der Waals surface area contributed by atoms with Gasteiger partial charge in [-0.1, -0.05) is 151 Å². The summed E-state index contributed by atoms with van der Waals surface area (Å²) in [6.45, 7) is 8.55. The lowest BCUT2D eigenvalue weighted by Gasteiger charge is -2.29. The molecule has 0 amide bonds. The molecule has 0 fully saturated rings. The van der Waals surface area contributed by atoms with Crippen molar-refractivity contribution < 1.29 is 5.11 Å². The van der Waals surface area contributed by atoms with Crippen LogP contribution in [0.3, 0.4) is 0 Å². The van der Waals surface area contributed by atoms with Crippen molar-refractivity contribution in [1.29, 1.82) is 0 Å². The van der Waals surface area contributed by atoms with Gasteiger partial charge >= 0.3 is 0 Å². The molecule has 0 aromatic heterocycles. The number of aliphatic hydroxyl groups is 1. The van der Waals surface area contributed by atoms with Gasteiger partial charge in [0.05, 0.1) is 12.3 Å². The van der Waals surface area contributed by atoms with Crippen LogP contribution in [0.25, 0.3) is 34.1 Å². The third kappa shape index (κ3) is 7.33. The SMILES string of the molecule is C/C(=C/c1ccc(N(c2ccc(CO)cc2C)c2ccc(C=C(c3ccc(C)cc3)c3ccc(C)cc3)c3ccccc23)cc1)c1ccccc1. The first-order valence-electron chi connectivity index (χ1n) is 17.6. The number of allylic oxidation sites excluding steroid dienone is 1. The molecule has 0 aliphatic heterocycles. The Balaban J connectivity index is 1.38. The number of fused-ring (bicyclic) bond motifs is 1. The minimum absolute atomic E-state index is 0.0111. The van der Waals surface area contributed by atoms with Crippen LogP contribution in [0.15, 0.2) is 158 Å². The van der Waals surface area contributed by atoms with Crippen molar-refractivity contribution in [1.82, 2.24) is 0 Å². The average Bonchev–Trinajstić information content (AvgIpc) is 3.17. The van der Waals surface area contributed by atoms with Crippen molar-refractivity contribution in [2.75, 3.05) is 4.90 Å². The second kappa shape index (κ2) is 14.9. The van der Waals surface area contributed by atoms with Crippen molar-refractivity contribution in [2.45, 2.75) is 34.3 Å². The highest BCUT2D eigenvalue weighted by atomic mass is 16.3. The zero-order valence-corrected chi connectivity index (χ0v) is 29.8. The van der Waals surface area contributed by atoms with E-state index in [0.717, 1.165) is 44.7 Å². The number of hydrogen-bond donors (Lipinski definition) is 1. The molecule has 0 spiro atoms. The summed E-state index contributed by atoms with van der Waals surface area (Å²) in [4.78, 5) is 2.35. The van der Waals surface area contributed by atoms with Crippen LogP contribution in [0, 0.1) is 20.8 Å². The van der Waals surface area contributed by atoms with Gasteiger partial charge < -0.3 is 10.0 Å². The first kappa shape index (κ1) is 33.5. The zero-order chi connectivity index (χ0) is 35.3. The van der Waals surface area contributed by atoms with Crippen molar-refractivity contribution in [2.24, 2.45) is 0 Å². The van der Waals surface area contributed by atoms with Crippen LogP contribution in [-0.4, -0.2) is 5.11 Å². The Labute approximate surface area is 302 Å². The number of anilines is 3. The largest absolute Gasteiger partial charge is 0.392 e. The van der Waals surface area contributed by atoms with E-state index in [1.165, 1.54) is 44.3 Å². The summed E-state index contributed by atoms with van der Waals surface area (Å²) in [7, 11) is 0. The molecule has 2 heteroatoms. The summed E-state index contributed by atoms with van der Waals surface area (Å²) < 4.78 is 0. The fourth-order valence-electron chi connectivity index (χ4n) is 6.81. The maximum absolute atomic E-state index is 9.92. The van der Waals surface area contributed by atoms with Gasteiger partial charge in [-0.05, 0) is 114 Å². The Hall–Kier alpha value is -5.96. The lowest BCUT2D eigenvalue weighted by molar-refractivity contribution is 0.282. The van der Waals surface area contributed by atoms with E-state index in [-0.39, 0.29) is 6.61 Å². The van der Waals surface area contributed by atoms with Gasteiger partial charge in [0.25, 0.3) is 0 Å². The van der Waals surface area contributed by atoms with E-state index >= 15 is 0 Å². The first-order valence-corrected chi connectivity index (χ1v) is 17.6. The molecule has 51 heavy (non-hydrogen) atoms. The Morgan fingerprint density at radius 1 is 0.549 bits per heavy atom. The van der Waals surface area contributed by atoms with Crippen LogP contribution in [0.2, 0.25) is 0 Å². The van der Waals surface area contributed by atoms with Gasteiger partial charge in [-0.2, -0.15) is 0 Å². The number of benzene rings is 7. The molecule has 7 aromatic rings. The standard InChI is InChI=1S/C49H43NO/c1-34-14-21-41(22-15-34)47(42-23-16-35(2)17-24-42)32-43-25-29-49(46-13-9-8-12-45(43)46)50(48-28-20-39(33-51)31-37(48)4)44-26-18-38(19-27-44)30-36(3)40-10-6-5-7-11-40/h5-32,51H,33H2,1-4H3/b36-30-. The summed E-state index contributed by atoms with van der Waals surface area (Å²) in [5, 5.41) is 12.3. The highest BCUT2D eigenvalue weighted by Gasteiger charge is 2.19. The Morgan fingerprint density at radius 3 is 1.75 bits per heavy atom. The third-order valence-electron chi connectivity index (χ3n) is 9.65. The Bertz CT molecular complexity index is 2300. The second-order valence-electron chi connectivity index (χ2n) is 13.4.